The Bertz CT molecular complexity index is 488. The zero-order valence-corrected chi connectivity index (χ0v) is 9.83. The van der Waals surface area contributed by atoms with Crippen molar-refractivity contribution in [2.45, 2.75) is 18.8 Å². The van der Waals surface area contributed by atoms with Crippen LogP contribution in [-0.2, 0) is 0 Å². The number of alkyl halides is 2. The van der Waals surface area contributed by atoms with Gasteiger partial charge in [0.1, 0.15) is 0 Å². The fourth-order valence-electron chi connectivity index (χ4n) is 2.03. The van der Waals surface area contributed by atoms with Gasteiger partial charge < -0.3 is 4.90 Å². The SMILES string of the molecule is C#Cc1ccc(C(=O)N2CCCC(F)(F)C2)cc1. The summed E-state index contributed by atoms with van der Waals surface area (Å²) in [5.41, 5.74) is 1.06. The van der Waals surface area contributed by atoms with Crippen LogP contribution in [-0.4, -0.2) is 29.8 Å². The molecule has 0 spiro atoms. The molecule has 1 heterocycles. The Hall–Kier alpha value is -1.89. The average molecular weight is 249 g/mol. The van der Waals surface area contributed by atoms with Crippen LogP contribution in [0.5, 0.6) is 0 Å². The van der Waals surface area contributed by atoms with E-state index in [1.807, 2.05) is 0 Å². The molecule has 0 atom stereocenters. The van der Waals surface area contributed by atoms with E-state index in [9.17, 15) is 13.6 Å². The molecule has 1 saturated heterocycles. The number of hydrogen-bond donors (Lipinski definition) is 0. The highest BCUT2D eigenvalue weighted by molar-refractivity contribution is 5.94. The summed E-state index contributed by atoms with van der Waals surface area (Å²) in [4.78, 5) is 13.2. The Labute approximate surface area is 105 Å². The maximum absolute atomic E-state index is 13.2. The standard InChI is InChI=1S/C14H13F2NO/c1-2-11-4-6-12(7-5-11)13(18)17-9-3-8-14(15,16)10-17/h1,4-7H,3,8-10H2. The molecule has 1 aliphatic heterocycles. The van der Waals surface area contributed by atoms with Gasteiger partial charge in [0.2, 0.25) is 0 Å². The largest absolute Gasteiger partial charge is 0.333 e. The van der Waals surface area contributed by atoms with E-state index in [2.05, 4.69) is 5.92 Å². The second kappa shape index (κ2) is 4.77. The van der Waals surface area contributed by atoms with E-state index >= 15 is 0 Å². The number of carbonyl (C=O) groups is 1. The Morgan fingerprint density at radius 1 is 1.33 bits per heavy atom. The fourth-order valence-corrected chi connectivity index (χ4v) is 2.03. The van der Waals surface area contributed by atoms with Gasteiger partial charge in [-0.05, 0) is 30.7 Å². The molecule has 0 N–H and O–H groups in total. The summed E-state index contributed by atoms with van der Waals surface area (Å²) in [5, 5.41) is 0. The van der Waals surface area contributed by atoms with Crippen LogP contribution in [0, 0.1) is 12.3 Å². The van der Waals surface area contributed by atoms with Gasteiger partial charge in [-0.1, -0.05) is 5.92 Å². The van der Waals surface area contributed by atoms with Crippen LogP contribution in [0.3, 0.4) is 0 Å². The van der Waals surface area contributed by atoms with Crippen LogP contribution in [0.25, 0.3) is 0 Å². The number of carbonyl (C=O) groups excluding carboxylic acids is 1. The quantitative estimate of drug-likeness (QED) is 0.700. The molecule has 18 heavy (non-hydrogen) atoms. The van der Waals surface area contributed by atoms with Gasteiger partial charge in [0, 0.05) is 24.1 Å². The van der Waals surface area contributed by atoms with Crippen molar-refractivity contribution in [3.05, 3.63) is 35.4 Å². The molecule has 0 aromatic heterocycles. The van der Waals surface area contributed by atoms with Crippen LogP contribution in [0.15, 0.2) is 24.3 Å². The molecular weight excluding hydrogens is 236 g/mol. The molecule has 2 rings (SSSR count). The molecule has 2 nitrogen and oxygen atoms in total. The third-order valence-electron chi connectivity index (χ3n) is 2.98. The zero-order valence-electron chi connectivity index (χ0n) is 9.83. The average Bonchev–Trinajstić information content (AvgIpc) is 2.37. The molecule has 0 saturated carbocycles. The van der Waals surface area contributed by atoms with Crippen LogP contribution in [0.4, 0.5) is 8.78 Å². The second-order valence-electron chi connectivity index (χ2n) is 4.41. The molecule has 0 unspecified atom stereocenters. The molecule has 0 bridgehead atoms. The molecule has 1 amide bonds. The van der Waals surface area contributed by atoms with Gasteiger partial charge in [-0.2, -0.15) is 0 Å². The number of terminal acetylenes is 1. The molecule has 1 aromatic carbocycles. The summed E-state index contributed by atoms with van der Waals surface area (Å²) in [6, 6.07) is 6.42. The summed E-state index contributed by atoms with van der Waals surface area (Å²) in [5.74, 6) is -0.693. The van der Waals surface area contributed by atoms with Crippen molar-refractivity contribution in [2.24, 2.45) is 0 Å². The minimum absolute atomic E-state index is 0.146. The van der Waals surface area contributed by atoms with E-state index in [-0.39, 0.29) is 12.3 Å². The Kier molecular flexibility index (Phi) is 3.33. The van der Waals surface area contributed by atoms with Crippen molar-refractivity contribution in [3.63, 3.8) is 0 Å². The molecule has 1 fully saturated rings. The van der Waals surface area contributed by atoms with Crippen molar-refractivity contribution in [1.29, 1.82) is 0 Å². The first-order valence-electron chi connectivity index (χ1n) is 5.76. The Balaban J connectivity index is 2.13. The van der Waals surface area contributed by atoms with Gasteiger partial charge >= 0.3 is 0 Å². The lowest BCUT2D eigenvalue weighted by Gasteiger charge is -2.32. The maximum atomic E-state index is 13.2. The maximum Gasteiger partial charge on any atom is 0.265 e. The minimum atomic E-state index is -2.77. The van der Waals surface area contributed by atoms with Crippen LogP contribution in [0.2, 0.25) is 0 Å². The summed E-state index contributed by atoms with van der Waals surface area (Å²) in [6.07, 6.45) is 5.40. The summed E-state index contributed by atoms with van der Waals surface area (Å²) >= 11 is 0. The third kappa shape index (κ3) is 2.67. The van der Waals surface area contributed by atoms with Crippen molar-refractivity contribution in [2.75, 3.05) is 13.1 Å². The van der Waals surface area contributed by atoms with Gasteiger partial charge in [0.05, 0.1) is 6.54 Å². The van der Waals surface area contributed by atoms with Gasteiger partial charge in [0.25, 0.3) is 11.8 Å². The fraction of sp³-hybridized carbons (Fsp3) is 0.357. The van der Waals surface area contributed by atoms with E-state index < -0.39 is 12.5 Å². The number of piperidine rings is 1. The van der Waals surface area contributed by atoms with E-state index in [1.165, 1.54) is 4.90 Å². The topological polar surface area (TPSA) is 20.3 Å². The molecule has 1 aliphatic rings. The number of benzene rings is 1. The van der Waals surface area contributed by atoms with E-state index in [0.29, 0.717) is 24.1 Å². The molecule has 94 valence electrons. The Morgan fingerprint density at radius 2 is 2.00 bits per heavy atom. The van der Waals surface area contributed by atoms with E-state index in [0.717, 1.165) is 0 Å². The highest BCUT2D eigenvalue weighted by Crippen LogP contribution is 2.27. The van der Waals surface area contributed by atoms with Gasteiger partial charge in [-0.3, -0.25) is 4.79 Å². The highest BCUT2D eigenvalue weighted by Gasteiger charge is 2.37. The summed E-state index contributed by atoms with van der Waals surface area (Å²) < 4.78 is 26.5. The zero-order chi connectivity index (χ0) is 13.2. The van der Waals surface area contributed by atoms with Crippen LogP contribution >= 0.6 is 0 Å². The molecule has 0 aliphatic carbocycles. The van der Waals surface area contributed by atoms with Crippen molar-refractivity contribution >= 4 is 5.91 Å². The predicted octanol–water partition coefficient (Wildman–Crippen LogP) is 2.54. The van der Waals surface area contributed by atoms with E-state index in [4.69, 9.17) is 6.42 Å². The molecular formula is C14H13F2NO. The number of rotatable bonds is 1. The first kappa shape index (κ1) is 12.6. The first-order valence-corrected chi connectivity index (χ1v) is 5.76. The smallest absolute Gasteiger partial charge is 0.265 e. The normalized spacial score (nSPS) is 18.2. The number of hydrogen-bond acceptors (Lipinski definition) is 1. The number of amides is 1. The monoisotopic (exact) mass is 249 g/mol. The lowest BCUT2D eigenvalue weighted by atomic mass is 10.1. The first-order chi connectivity index (χ1) is 8.52. The third-order valence-corrected chi connectivity index (χ3v) is 2.98. The van der Waals surface area contributed by atoms with Crippen molar-refractivity contribution in [3.8, 4) is 12.3 Å². The van der Waals surface area contributed by atoms with Crippen molar-refractivity contribution in [1.82, 2.24) is 4.90 Å². The highest BCUT2D eigenvalue weighted by atomic mass is 19.3. The summed E-state index contributed by atoms with van der Waals surface area (Å²) in [7, 11) is 0. The molecule has 0 radical (unpaired) electrons. The number of nitrogens with zero attached hydrogens (tertiary/aromatic N) is 1. The summed E-state index contributed by atoms with van der Waals surface area (Å²) in [6.45, 7) is -0.117. The van der Waals surface area contributed by atoms with Crippen LogP contribution in [0.1, 0.15) is 28.8 Å². The van der Waals surface area contributed by atoms with Gasteiger partial charge in [0.15, 0.2) is 0 Å². The van der Waals surface area contributed by atoms with Crippen LogP contribution < -0.4 is 0 Å². The predicted molar refractivity (Wildman–Crippen MR) is 64.5 cm³/mol. The van der Waals surface area contributed by atoms with Crippen molar-refractivity contribution < 1.29 is 13.6 Å². The second-order valence-corrected chi connectivity index (χ2v) is 4.41. The lowest BCUT2D eigenvalue weighted by Crippen LogP contribution is -2.45. The minimum Gasteiger partial charge on any atom is -0.333 e. The lowest BCUT2D eigenvalue weighted by molar-refractivity contribution is -0.0560. The number of halogens is 2. The van der Waals surface area contributed by atoms with E-state index in [1.54, 1.807) is 24.3 Å². The van der Waals surface area contributed by atoms with Gasteiger partial charge in [-0.25, -0.2) is 8.78 Å². The Morgan fingerprint density at radius 3 is 2.56 bits per heavy atom. The number of likely N-dealkylation sites (tertiary alicyclic amines) is 1. The molecule has 4 heteroatoms. The van der Waals surface area contributed by atoms with Gasteiger partial charge in [-0.15, -0.1) is 6.42 Å². The molecule has 1 aromatic rings.